The van der Waals surface area contributed by atoms with Crippen LogP contribution in [0.3, 0.4) is 0 Å². The monoisotopic (exact) mass is 262 g/mol. The van der Waals surface area contributed by atoms with Gasteiger partial charge in [0, 0.05) is 18.2 Å². The second kappa shape index (κ2) is 7.41. The van der Waals surface area contributed by atoms with Crippen LogP contribution in [0.2, 0.25) is 0 Å². The number of aryl methyl sites for hydroxylation is 1. The first-order chi connectivity index (χ1) is 8.99. The molecule has 4 N–H and O–H groups in total. The molecule has 0 unspecified atom stereocenters. The van der Waals surface area contributed by atoms with Gasteiger partial charge in [0.1, 0.15) is 0 Å². The topological polar surface area (TPSA) is 79.5 Å². The first-order valence-corrected chi connectivity index (χ1v) is 6.40. The summed E-state index contributed by atoms with van der Waals surface area (Å²) < 4.78 is 0. The van der Waals surface area contributed by atoms with Crippen molar-refractivity contribution in [2.45, 2.75) is 20.8 Å². The van der Waals surface area contributed by atoms with Gasteiger partial charge in [-0.1, -0.05) is 31.5 Å². The van der Waals surface area contributed by atoms with E-state index in [9.17, 15) is 4.79 Å². The highest BCUT2D eigenvalue weighted by Gasteiger charge is 2.04. The molecule has 0 atom stereocenters. The van der Waals surface area contributed by atoms with E-state index in [0.29, 0.717) is 19.0 Å². The molecule has 19 heavy (non-hydrogen) atoms. The van der Waals surface area contributed by atoms with Crippen molar-refractivity contribution < 1.29 is 4.79 Å². The molecule has 1 aromatic carbocycles. The SMILES string of the molecule is Cc1ccc(NC(N)=NCCNC(=O)C(C)C)cc1. The largest absolute Gasteiger partial charge is 0.370 e. The Hall–Kier alpha value is -2.04. The molecular formula is C14H22N4O. The van der Waals surface area contributed by atoms with Crippen LogP contribution >= 0.6 is 0 Å². The number of anilines is 1. The fraction of sp³-hybridized carbons (Fsp3) is 0.429. The van der Waals surface area contributed by atoms with Gasteiger partial charge in [-0.25, -0.2) is 0 Å². The Labute approximate surface area is 114 Å². The highest BCUT2D eigenvalue weighted by atomic mass is 16.1. The van der Waals surface area contributed by atoms with Crippen LogP contribution in [0.5, 0.6) is 0 Å². The van der Waals surface area contributed by atoms with Gasteiger partial charge >= 0.3 is 0 Å². The molecule has 0 aliphatic heterocycles. The minimum absolute atomic E-state index is 0.00740. The van der Waals surface area contributed by atoms with E-state index in [0.717, 1.165) is 5.69 Å². The molecule has 0 spiro atoms. The summed E-state index contributed by atoms with van der Waals surface area (Å²) in [4.78, 5) is 15.4. The molecule has 0 aliphatic rings. The van der Waals surface area contributed by atoms with Crippen LogP contribution in [0.1, 0.15) is 19.4 Å². The molecule has 5 nitrogen and oxygen atoms in total. The Kier molecular flexibility index (Phi) is 5.85. The van der Waals surface area contributed by atoms with Gasteiger partial charge in [-0.15, -0.1) is 0 Å². The molecule has 1 rings (SSSR count). The number of nitrogens with one attached hydrogen (secondary N) is 2. The van der Waals surface area contributed by atoms with Crippen LogP contribution in [0.25, 0.3) is 0 Å². The van der Waals surface area contributed by atoms with Crippen LogP contribution in [-0.2, 0) is 4.79 Å². The van der Waals surface area contributed by atoms with Gasteiger partial charge < -0.3 is 16.4 Å². The minimum Gasteiger partial charge on any atom is -0.370 e. The molecule has 104 valence electrons. The van der Waals surface area contributed by atoms with E-state index in [4.69, 9.17) is 5.73 Å². The standard InChI is InChI=1S/C14H22N4O/c1-10(2)13(19)16-8-9-17-14(15)18-12-6-4-11(3)5-7-12/h4-7,10H,8-9H2,1-3H3,(H,16,19)(H3,15,17,18). The number of amides is 1. The summed E-state index contributed by atoms with van der Waals surface area (Å²) in [6, 6.07) is 7.88. The molecule has 0 radical (unpaired) electrons. The van der Waals surface area contributed by atoms with E-state index in [1.807, 2.05) is 45.0 Å². The zero-order valence-electron chi connectivity index (χ0n) is 11.7. The van der Waals surface area contributed by atoms with Gasteiger partial charge in [-0.05, 0) is 19.1 Å². The molecule has 0 saturated carbocycles. The van der Waals surface area contributed by atoms with E-state index in [2.05, 4.69) is 15.6 Å². The Morgan fingerprint density at radius 1 is 1.32 bits per heavy atom. The fourth-order valence-corrected chi connectivity index (χ4v) is 1.38. The number of hydrogen-bond donors (Lipinski definition) is 3. The number of rotatable bonds is 5. The molecule has 0 heterocycles. The summed E-state index contributed by atoms with van der Waals surface area (Å²) in [5.74, 6) is 0.370. The van der Waals surface area contributed by atoms with E-state index in [-0.39, 0.29) is 11.8 Å². The molecule has 0 saturated heterocycles. The summed E-state index contributed by atoms with van der Waals surface area (Å²) in [6.45, 7) is 6.69. The lowest BCUT2D eigenvalue weighted by Gasteiger charge is -2.07. The lowest BCUT2D eigenvalue weighted by Crippen LogP contribution is -2.31. The maximum atomic E-state index is 11.3. The van der Waals surface area contributed by atoms with E-state index < -0.39 is 0 Å². The molecule has 0 fully saturated rings. The van der Waals surface area contributed by atoms with Gasteiger partial charge in [-0.2, -0.15) is 0 Å². The highest BCUT2D eigenvalue weighted by molar-refractivity contribution is 5.92. The summed E-state index contributed by atoms with van der Waals surface area (Å²) in [5.41, 5.74) is 7.84. The quantitative estimate of drug-likeness (QED) is 0.427. The maximum absolute atomic E-state index is 11.3. The highest BCUT2D eigenvalue weighted by Crippen LogP contribution is 2.07. The smallest absolute Gasteiger partial charge is 0.222 e. The minimum atomic E-state index is -0.00740. The predicted molar refractivity (Wildman–Crippen MR) is 79.1 cm³/mol. The van der Waals surface area contributed by atoms with Crippen molar-refractivity contribution in [1.82, 2.24) is 5.32 Å². The number of benzene rings is 1. The van der Waals surface area contributed by atoms with Crippen molar-refractivity contribution in [1.29, 1.82) is 0 Å². The third-order valence-electron chi connectivity index (χ3n) is 2.54. The summed E-state index contributed by atoms with van der Waals surface area (Å²) in [7, 11) is 0. The van der Waals surface area contributed by atoms with Gasteiger partial charge in [0.2, 0.25) is 5.91 Å². The van der Waals surface area contributed by atoms with Crippen LogP contribution in [0.4, 0.5) is 5.69 Å². The number of carbonyl (C=O) groups excluding carboxylic acids is 1. The molecular weight excluding hydrogens is 240 g/mol. The average molecular weight is 262 g/mol. The van der Waals surface area contributed by atoms with E-state index in [1.54, 1.807) is 0 Å². The van der Waals surface area contributed by atoms with Crippen molar-refractivity contribution in [2.24, 2.45) is 16.6 Å². The van der Waals surface area contributed by atoms with Crippen LogP contribution < -0.4 is 16.4 Å². The lowest BCUT2D eigenvalue weighted by molar-refractivity contribution is -0.123. The third-order valence-corrected chi connectivity index (χ3v) is 2.54. The van der Waals surface area contributed by atoms with Crippen molar-refractivity contribution in [2.75, 3.05) is 18.4 Å². The van der Waals surface area contributed by atoms with Crippen molar-refractivity contribution in [3.8, 4) is 0 Å². The van der Waals surface area contributed by atoms with E-state index >= 15 is 0 Å². The molecule has 0 aliphatic carbocycles. The normalized spacial score (nSPS) is 11.5. The van der Waals surface area contributed by atoms with Crippen molar-refractivity contribution in [3.63, 3.8) is 0 Å². The fourth-order valence-electron chi connectivity index (χ4n) is 1.38. The Bertz CT molecular complexity index is 437. The van der Waals surface area contributed by atoms with Gasteiger partial charge in [0.15, 0.2) is 5.96 Å². The van der Waals surface area contributed by atoms with Crippen LogP contribution in [0.15, 0.2) is 29.3 Å². The van der Waals surface area contributed by atoms with Crippen LogP contribution in [-0.4, -0.2) is 25.0 Å². The lowest BCUT2D eigenvalue weighted by atomic mass is 10.2. The summed E-state index contributed by atoms with van der Waals surface area (Å²) in [5, 5.41) is 5.77. The summed E-state index contributed by atoms with van der Waals surface area (Å²) >= 11 is 0. The van der Waals surface area contributed by atoms with Crippen LogP contribution in [0, 0.1) is 12.8 Å². The zero-order valence-corrected chi connectivity index (χ0v) is 11.7. The second-order valence-electron chi connectivity index (χ2n) is 4.70. The van der Waals surface area contributed by atoms with Gasteiger partial charge in [0.05, 0.1) is 6.54 Å². The molecule has 0 aromatic heterocycles. The Balaban J connectivity index is 2.33. The number of nitrogens with two attached hydrogens (primary N) is 1. The number of hydrogen-bond acceptors (Lipinski definition) is 2. The van der Waals surface area contributed by atoms with Crippen molar-refractivity contribution in [3.05, 3.63) is 29.8 Å². The number of carbonyl (C=O) groups is 1. The van der Waals surface area contributed by atoms with E-state index in [1.165, 1.54) is 5.56 Å². The molecule has 1 aromatic rings. The third kappa shape index (κ3) is 5.90. The molecule has 1 amide bonds. The number of nitrogens with zero attached hydrogens (tertiary/aromatic N) is 1. The number of aliphatic imine (C=N–C) groups is 1. The zero-order chi connectivity index (χ0) is 14.3. The predicted octanol–water partition coefficient (Wildman–Crippen LogP) is 1.49. The second-order valence-corrected chi connectivity index (χ2v) is 4.70. The average Bonchev–Trinajstić information content (AvgIpc) is 2.37. The summed E-state index contributed by atoms with van der Waals surface area (Å²) in [6.07, 6.45) is 0. The molecule has 0 bridgehead atoms. The first kappa shape index (κ1) is 15.0. The van der Waals surface area contributed by atoms with Gasteiger partial charge in [0.25, 0.3) is 0 Å². The Morgan fingerprint density at radius 3 is 2.53 bits per heavy atom. The Morgan fingerprint density at radius 2 is 1.95 bits per heavy atom. The van der Waals surface area contributed by atoms with Crippen molar-refractivity contribution >= 4 is 17.6 Å². The number of guanidine groups is 1. The van der Waals surface area contributed by atoms with Gasteiger partial charge in [-0.3, -0.25) is 9.79 Å². The maximum Gasteiger partial charge on any atom is 0.222 e. The molecule has 5 heteroatoms. The first-order valence-electron chi connectivity index (χ1n) is 6.40.